The summed E-state index contributed by atoms with van der Waals surface area (Å²) in [7, 11) is -3.44. The van der Waals surface area contributed by atoms with Crippen molar-refractivity contribution < 1.29 is 18.6 Å². The van der Waals surface area contributed by atoms with Crippen LogP contribution in [0.25, 0.3) is 0 Å². The number of rotatable bonds is 10. The molecule has 0 bridgehead atoms. The summed E-state index contributed by atoms with van der Waals surface area (Å²) in [6.45, 7) is 6.26. The van der Waals surface area contributed by atoms with Crippen molar-refractivity contribution in [2.45, 2.75) is 38.9 Å². The van der Waals surface area contributed by atoms with Crippen molar-refractivity contribution in [2.75, 3.05) is 19.8 Å². The van der Waals surface area contributed by atoms with Crippen LogP contribution in [0, 0.1) is 11.3 Å². The van der Waals surface area contributed by atoms with Gasteiger partial charge in [0.2, 0.25) is 6.03 Å². The molecule has 1 aromatic rings. The average Bonchev–Trinajstić information content (AvgIpc) is 2.53. The van der Waals surface area contributed by atoms with E-state index in [1.165, 1.54) is 0 Å². The van der Waals surface area contributed by atoms with Gasteiger partial charge in [-0.15, -0.1) is 0 Å². The van der Waals surface area contributed by atoms with Crippen molar-refractivity contribution in [3.05, 3.63) is 34.9 Å². The van der Waals surface area contributed by atoms with E-state index in [1.807, 2.05) is 0 Å². The van der Waals surface area contributed by atoms with Crippen molar-refractivity contribution in [2.24, 2.45) is 0 Å². The van der Waals surface area contributed by atoms with Crippen LogP contribution in [-0.4, -0.2) is 25.9 Å². The zero-order valence-electron chi connectivity index (χ0n) is 13.7. The minimum atomic E-state index is -3.44. The van der Waals surface area contributed by atoms with Crippen LogP contribution in [0.2, 0.25) is 5.02 Å². The fraction of sp³-hybridized carbons (Fsp3) is 0.562. The van der Waals surface area contributed by atoms with Crippen LogP contribution in [-0.2, 0) is 18.6 Å². The van der Waals surface area contributed by atoms with E-state index in [0.717, 1.165) is 5.56 Å². The molecule has 0 spiro atoms. The molecule has 7 heteroatoms. The molecule has 0 fully saturated rings. The highest BCUT2D eigenvalue weighted by atomic mass is 35.5. The fourth-order valence-electron chi connectivity index (χ4n) is 2.26. The van der Waals surface area contributed by atoms with Gasteiger partial charge in [-0.3, -0.25) is 4.57 Å². The number of nitriles is 1. The Morgan fingerprint density at radius 2 is 1.70 bits per heavy atom. The van der Waals surface area contributed by atoms with Gasteiger partial charge in [-0.1, -0.05) is 23.7 Å². The second kappa shape index (κ2) is 10.1. The standard InChI is InChI=1S/C16H23ClNO4P/c1-4-20-16(21-5-2)23(19,22-6-3)15(11-12-18)13-7-9-14(17)10-8-13/h7-10,15-16H,4-6,11H2,1-3H3. The van der Waals surface area contributed by atoms with Crippen LogP contribution in [0.1, 0.15) is 38.4 Å². The summed E-state index contributed by atoms with van der Waals surface area (Å²) in [5, 5.41) is 9.76. The molecule has 0 aliphatic carbocycles. The van der Waals surface area contributed by atoms with Crippen molar-refractivity contribution in [3.63, 3.8) is 0 Å². The van der Waals surface area contributed by atoms with Crippen molar-refractivity contribution in [3.8, 4) is 6.07 Å². The third-order valence-electron chi connectivity index (χ3n) is 3.22. The molecule has 1 aromatic carbocycles. The number of nitrogens with zero attached hydrogens (tertiary/aromatic N) is 1. The Balaban J connectivity index is 3.30. The summed E-state index contributed by atoms with van der Waals surface area (Å²) < 4.78 is 30.3. The molecule has 0 radical (unpaired) electrons. The Morgan fingerprint density at radius 3 is 2.13 bits per heavy atom. The zero-order chi connectivity index (χ0) is 17.3. The second-order valence-corrected chi connectivity index (χ2v) is 7.74. The predicted molar refractivity (Wildman–Crippen MR) is 90.7 cm³/mol. The molecule has 2 unspecified atom stereocenters. The van der Waals surface area contributed by atoms with Gasteiger partial charge in [-0.25, -0.2) is 0 Å². The number of benzene rings is 1. The monoisotopic (exact) mass is 359 g/mol. The lowest BCUT2D eigenvalue weighted by Gasteiger charge is -2.32. The highest BCUT2D eigenvalue weighted by Crippen LogP contribution is 2.65. The molecule has 0 aliphatic rings. The Hall–Kier alpha value is -0.890. The van der Waals surface area contributed by atoms with Gasteiger partial charge in [-0.05, 0) is 38.5 Å². The van der Waals surface area contributed by atoms with E-state index in [9.17, 15) is 9.83 Å². The van der Waals surface area contributed by atoms with Gasteiger partial charge in [0.15, 0.2) is 0 Å². The fourth-order valence-corrected chi connectivity index (χ4v) is 5.03. The van der Waals surface area contributed by atoms with Gasteiger partial charge in [0.1, 0.15) is 0 Å². The third kappa shape index (κ3) is 5.31. The molecule has 0 N–H and O–H groups in total. The van der Waals surface area contributed by atoms with Gasteiger partial charge in [0, 0.05) is 18.2 Å². The molecule has 5 nitrogen and oxygen atoms in total. The molecule has 0 aliphatic heterocycles. The summed E-state index contributed by atoms with van der Waals surface area (Å²) in [5.74, 6) is 0. The highest BCUT2D eigenvalue weighted by molar-refractivity contribution is 7.59. The van der Waals surface area contributed by atoms with E-state index in [-0.39, 0.29) is 13.0 Å². The number of hydrogen-bond donors (Lipinski definition) is 0. The van der Waals surface area contributed by atoms with Gasteiger partial charge < -0.3 is 14.0 Å². The summed E-state index contributed by atoms with van der Waals surface area (Å²) >= 11 is 5.92. The third-order valence-corrected chi connectivity index (χ3v) is 6.37. The van der Waals surface area contributed by atoms with Crippen molar-refractivity contribution in [1.82, 2.24) is 0 Å². The van der Waals surface area contributed by atoms with Crippen LogP contribution in [0.5, 0.6) is 0 Å². The largest absolute Gasteiger partial charge is 0.345 e. The molecular formula is C16H23ClNO4P. The Kier molecular flexibility index (Phi) is 8.83. The maximum absolute atomic E-state index is 13.6. The molecule has 0 amide bonds. The molecule has 0 saturated carbocycles. The highest BCUT2D eigenvalue weighted by Gasteiger charge is 2.44. The topological polar surface area (TPSA) is 68.6 Å². The molecule has 2 atom stereocenters. The number of halogens is 1. The minimum Gasteiger partial charge on any atom is -0.345 e. The van der Waals surface area contributed by atoms with Gasteiger partial charge in [0.05, 0.1) is 24.8 Å². The first-order chi connectivity index (χ1) is 11.0. The summed E-state index contributed by atoms with van der Waals surface area (Å²) in [6.07, 6.45) is 0.0373. The van der Waals surface area contributed by atoms with E-state index in [1.54, 1.807) is 45.0 Å². The first-order valence-electron chi connectivity index (χ1n) is 7.62. The Morgan fingerprint density at radius 1 is 1.13 bits per heavy atom. The second-order valence-electron chi connectivity index (χ2n) is 4.71. The zero-order valence-corrected chi connectivity index (χ0v) is 15.3. The minimum absolute atomic E-state index is 0.0373. The van der Waals surface area contributed by atoms with Gasteiger partial charge in [-0.2, -0.15) is 5.26 Å². The molecule has 0 saturated heterocycles. The van der Waals surface area contributed by atoms with E-state index in [2.05, 4.69) is 6.07 Å². The summed E-state index contributed by atoms with van der Waals surface area (Å²) in [4.78, 5) is 0. The van der Waals surface area contributed by atoms with E-state index < -0.39 is 19.1 Å². The first-order valence-corrected chi connectivity index (χ1v) is 9.77. The molecule has 128 valence electrons. The van der Waals surface area contributed by atoms with Crippen LogP contribution < -0.4 is 0 Å². The van der Waals surface area contributed by atoms with Gasteiger partial charge >= 0.3 is 0 Å². The Labute approximate surface area is 142 Å². The van der Waals surface area contributed by atoms with E-state index in [4.69, 9.17) is 25.6 Å². The van der Waals surface area contributed by atoms with Crippen LogP contribution in [0.15, 0.2) is 24.3 Å². The SMILES string of the molecule is CCOC(OCC)P(=O)(OCC)C(CC#N)c1ccc(Cl)cc1. The summed E-state index contributed by atoms with van der Waals surface area (Å²) in [5.41, 5.74) is 0.0879. The van der Waals surface area contributed by atoms with Crippen LogP contribution in [0.3, 0.4) is 0 Å². The molecular weight excluding hydrogens is 337 g/mol. The maximum atomic E-state index is 13.6. The van der Waals surface area contributed by atoms with E-state index in [0.29, 0.717) is 18.2 Å². The van der Waals surface area contributed by atoms with Crippen molar-refractivity contribution >= 4 is 19.0 Å². The number of hydrogen-bond acceptors (Lipinski definition) is 5. The molecule has 0 heterocycles. The average molecular weight is 360 g/mol. The van der Waals surface area contributed by atoms with Gasteiger partial charge in [0.25, 0.3) is 7.37 Å². The van der Waals surface area contributed by atoms with E-state index >= 15 is 0 Å². The molecule has 0 aromatic heterocycles. The van der Waals surface area contributed by atoms with Crippen LogP contribution >= 0.6 is 19.0 Å². The molecule has 23 heavy (non-hydrogen) atoms. The summed E-state index contributed by atoms with van der Waals surface area (Å²) in [6, 6.07) is 8.01. The first kappa shape index (κ1) is 20.2. The van der Waals surface area contributed by atoms with Crippen molar-refractivity contribution in [1.29, 1.82) is 5.26 Å². The smallest absolute Gasteiger partial charge is 0.265 e. The maximum Gasteiger partial charge on any atom is 0.265 e. The molecule has 1 rings (SSSR count). The quantitative estimate of drug-likeness (QED) is 0.436. The lowest BCUT2D eigenvalue weighted by atomic mass is 10.1. The normalized spacial score (nSPS) is 15.1. The number of ether oxygens (including phenoxy) is 2. The lowest BCUT2D eigenvalue weighted by Crippen LogP contribution is -2.23. The lowest BCUT2D eigenvalue weighted by molar-refractivity contribution is -0.0897. The Bertz CT molecular complexity index is 552. The van der Waals surface area contributed by atoms with Crippen LogP contribution in [0.4, 0.5) is 0 Å². The predicted octanol–water partition coefficient (Wildman–Crippen LogP) is 4.97.